The molecule has 1 aromatic carbocycles. The molecule has 0 aliphatic rings. The standard InChI is InChI=1S/C13H14N2/c1-9-3-6-13(15-8-9)12-7-11(14)5-4-10(12)2/h3-8H,14H2,1-2H3. The summed E-state index contributed by atoms with van der Waals surface area (Å²) in [6.07, 6.45) is 1.87. The molecule has 2 rings (SSSR count). The van der Waals surface area contributed by atoms with Crippen LogP contribution in [0.1, 0.15) is 11.1 Å². The number of rotatable bonds is 1. The van der Waals surface area contributed by atoms with E-state index in [1.807, 2.05) is 37.4 Å². The normalized spacial score (nSPS) is 10.3. The summed E-state index contributed by atoms with van der Waals surface area (Å²) in [7, 11) is 0. The molecule has 2 N–H and O–H groups in total. The number of hydrogen-bond acceptors (Lipinski definition) is 2. The fraction of sp³-hybridized carbons (Fsp3) is 0.154. The average Bonchev–Trinajstić information content (AvgIpc) is 2.23. The third-order valence-corrected chi connectivity index (χ3v) is 2.45. The Labute approximate surface area is 89.8 Å². The zero-order valence-electron chi connectivity index (χ0n) is 8.99. The van der Waals surface area contributed by atoms with Crippen LogP contribution in [0, 0.1) is 13.8 Å². The first-order valence-corrected chi connectivity index (χ1v) is 4.96. The summed E-state index contributed by atoms with van der Waals surface area (Å²) >= 11 is 0. The monoisotopic (exact) mass is 198 g/mol. The molecule has 2 aromatic rings. The van der Waals surface area contributed by atoms with Crippen molar-refractivity contribution in [3.63, 3.8) is 0 Å². The molecule has 0 bridgehead atoms. The molecular weight excluding hydrogens is 184 g/mol. The SMILES string of the molecule is Cc1ccc(-c2cc(N)ccc2C)nc1. The lowest BCUT2D eigenvalue weighted by molar-refractivity contribution is 1.26. The van der Waals surface area contributed by atoms with Crippen molar-refractivity contribution in [3.8, 4) is 11.3 Å². The number of nitrogens with zero attached hydrogens (tertiary/aromatic N) is 1. The number of hydrogen-bond donors (Lipinski definition) is 1. The van der Waals surface area contributed by atoms with E-state index in [4.69, 9.17) is 5.73 Å². The van der Waals surface area contributed by atoms with E-state index in [2.05, 4.69) is 18.0 Å². The van der Waals surface area contributed by atoms with Crippen molar-refractivity contribution in [1.82, 2.24) is 4.98 Å². The van der Waals surface area contributed by atoms with Gasteiger partial charge in [-0.15, -0.1) is 0 Å². The molecule has 0 aliphatic carbocycles. The van der Waals surface area contributed by atoms with Gasteiger partial charge in [0.25, 0.3) is 0 Å². The topological polar surface area (TPSA) is 38.9 Å². The fourth-order valence-electron chi connectivity index (χ4n) is 1.54. The third-order valence-electron chi connectivity index (χ3n) is 2.45. The van der Waals surface area contributed by atoms with Gasteiger partial charge in [-0.2, -0.15) is 0 Å². The van der Waals surface area contributed by atoms with Gasteiger partial charge in [-0.25, -0.2) is 0 Å². The van der Waals surface area contributed by atoms with Gasteiger partial charge < -0.3 is 5.73 Å². The Morgan fingerprint density at radius 3 is 2.53 bits per heavy atom. The molecule has 2 nitrogen and oxygen atoms in total. The first-order chi connectivity index (χ1) is 7.16. The molecule has 0 spiro atoms. The van der Waals surface area contributed by atoms with Gasteiger partial charge >= 0.3 is 0 Å². The summed E-state index contributed by atoms with van der Waals surface area (Å²) in [6.45, 7) is 4.10. The second-order valence-corrected chi connectivity index (χ2v) is 3.80. The Balaban J connectivity index is 2.53. The molecule has 0 unspecified atom stereocenters. The molecule has 0 fully saturated rings. The summed E-state index contributed by atoms with van der Waals surface area (Å²) in [6, 6.07) is 9.98. The maximum absolute atomic E-state index is 5.77. The fourth-order valence-corrected chi connectivity index (χ4v) is 1.54. The predicted molar refractivity (Wildman–Crippen MR) is 63.6 cm³/mol. The molecule has 15 heavy (non-hydrogen) atoms. The highest BCUT2D eigenvalue weighted by Crippen LogP contribution is 2.23. The highest BCUT2D eigenvalue weighted by atomic mass is 14.7. The molecule has 0 atom stereocenters. The van der Waals surface area contributed by atoms with Crippen molar-refractivity contribution >= 4 is 5.69 Å². The van der Waals surface area contributed by atoms with Gasteiger partial charge in [-0.1, -0.05) is 12.1 Å². The number of aryl methyl sites for hydroxylation is 2. The van der Waals surface area contributed by atoms with Crippen molar-refractivity contribution in [1.29, 1.82) is 0 Å². The highest BCUT2D eigenvalue weighted by molar-refractivity contribution is 5.67. The lowest BCUT2D eigenvalue weighted by Gasteiger charge is -2.06. The minimum absolute atomic E-state index is 0.776. The largest absolute Gasteiger partial charge is 0.399 e. The molecule has 2 heteroatoms. The minimum atomic E-state index is 0.776. The molecule has 1 heterocycles. The first kappa shape index (κ1) is 9.71. The summed E-state index contributed by atoms with van der Waals surface area (Å²) in [5.41, 5.74) is 11.0. The third kappa shape index (κ3) is 1.99. The highest BCUT2D eigenvalue weighted by Gasteiger charge is 2.02. The number of pyridine rings is 1. The Morgan fingerprint density at radius 2 is 1.87 bits per heavy atom. The molecule has 0 aliphatic heterocycles. The summed E-state index contributed by atoms with van der Waals surface area (Å²) in [5, 5.41) is 0. The van der Waals surface area contributed by atoms with Gasteiger partial charge in [0.15, 0.2) is 0 Å². The van der Waals surface area contributed by atoms with E-state index >= 15 is 0 Å². The number of aromatic nitrogens is 1. The van der Waals surface area contributed by atoms with Gasteiger partial charge in [-0.05, 0) is 43.2 Å². The van der Waals surface area contributed by atoms with Gasteiger partial charge in [0, 0.05) is 17.4 Å². The molecule has 1 aromatic heterocycles. The van der Waals surface area contributed by atoms with E-state index in [1.165, 1.54) is 11.1 Å². The quantitative estimate of drug-likeness (QED) is 0.715. The number of anilines is 1. The van der Waals surface area contributed by atoms with E-state index in [0.717, 1.165) is 16.9 Å². The van der Waals surface area contributed by atoms with Crippen molar-refractivity contribution in [3.05, 3.63) is 47.7 Å². The summed E-state index contributed by atoms with van der Waals surface area (Å²) in [4.78, 5) is 4.39. The Morgan fingerprint density at radius 1 is 1.07 bits per heavy atom. The molecule has 0 radical (unpaired) electrons. The van der Waals surface area contributed by atoms with Crippen LogP contribution in [0.2, 0.25) is 0 Å². The summed E-state index contributed by atoms with van der Waals surface area (Å²) < 4.78 is 0. The van der Waals surface area contributed by atoms with Crippen LogP contribution in [0.15, 0.2) is 36.5 Å². The predicted octanol–water partition coefficient (Wildman–Crippen LogP) is 2.95. The molecule has 0 saturated carbocycles. The molecule has 76 valence electrons. The van der Waals surface area contributed by atoms with E-state index in [-0.39, 0.29) is 0 Å². The van der Waals surface area contributed by atoms with Gasteiger partial charge in [0.2, 0.25) is 0 Å². The Hall–Kier alpha value is -1.83. The van der Waals surface area contributed by atoms with E-state index < -0.39 is 0 Å². The van der Waals surface area contributed by atoms with Crippen LogP contribution in [0.3, 0.4) is 0 Å². The Kier molecular flexibility index (Phi) is 2.42. The number of nitrogens with two attached hydrogens (primary N) is 1. The van der Waals surface area contributed by atoms with Crippen LogP contribution in [-0.4, -0.2) is 4.98 Å². The Bertz CT molecular complexity index is 472. The molecular formula is C13H14N2. The van der Waals surface area contributed by atoms with Crippen LogP contribution in [-0.2, 0) is 0 Å². The lowest BCUT2D eigenvalue weighted by Crippen LogP contribution is -1.91. The van der Waals surface area contributed by atoms with Crippen molar-refractivity contribution < 1.29 is 0 Å². The van der Waals surface area contributed by atoms with Gasteiger partial charge in [-0.3, -0.25) is 4.98 Å². The van der Waals surface area contributed by atoms with Crippen LogP contribution < -0.4 is 5.73 Å². The first-order valence-electron chi connectivity index (χ1n) is 4.96. The minimum Gasteiger partial charge on any atom is -0.399 e. The van der Waals surface area contributed by atoms with Gasteiger partial charge in [0.1, 0.15) is 0 Å². The molecule has 0 saturated heterocycles. The van der Waals surface area contributed by atoms with Crippen molar-refractivity contribution in [2.75, 3.05) is 5.73 Å². The van der Waals surface area contributed by atoms with Crippen LogP contribution >= 0.6 is 0 Å². The molecule has 0 amide bonds. The van der Waals surface area contributed by atoms with Crippen LogP contribution in [0.25, 0.3) is 11.3 Å². The maximum Gasteiger partial charge on any atom is 0.0705 e. The zero-order valence-corrected chi connectivity index (χ0v) is 8.99. The number of nitrogen functional groups attached to an aromatic ring is 1. The second-order valence-electron chi connectivity index (χ2n) is 3.80. The van der Waals surface area contributed by atoms with E-state index in [9.17, 15) is 0 Å². The zero-order chi connectivity index (χ0) is 10.8. The average molecular weight is 198 g/mol. The maximum atomic E-state index is 5.77. The smallest absolute Gasteiger partial charge is 0.0705 e. The van der Waals surface area contributed by atoms with Crippen LogP contribution in [0.5, 0.6) is 0 Å². The van der Waals surface area contributed by atoms with Crippen molar-refractivity contribution in [2.24, 2.45) is 0 Å². The number of benzene rings is 1. The second kappa shape index (κ2) is 3.73. The van der Waals surface area contributed by atoms with Crippen molar-refractivity contribution in [2.45, 2.75) is 13.8 Å². The van der Waals surface area contributed by atoms with E-state index in [0.29, 0.717) is 0 Å². The lowest BCUT2D eigenvalue weighted by atomic mass is 10.0. The van der Waals surface area contributed by atoms with E-state index in [1.54, 1.807) is 0 Å². The van der Waals surface area contributed by atoms with Gasteiger partial charge in [0.05, 0.1) is 5.69 Å². The van der Waals surface area contributed by atoms with Crippen LogP contribution in [0.4, 0.5) is 5.69 Å². The summed E-state index contributed by atoms with van der Waals surface area (Å²) in [5.74, 6) is 0.